The molecule has 0 radical (unpaired) electrons. The van der Waals surface area contributed by atoms with Gasteiger partial charge in [-0.3, -0.25) is 115 Å². The summed E-state index contributed by atoms with van der Waals surface area (Å²) in [6.07, 6.45) is -4.64. The van der Waals surface area contributed by atoms with Gasteiger partial charge < -0.3 is 96.9 Å². The Balaban J connectivity index is 0.772. The molecule has 0 spiro atoms. The van der Waals surface area contributed by atoms with Crippen molar-refractivity contribution in [2.75, 3.05) is 177 Å². The number of phenols is 4. The van der Waals surface area contributed by atoms with Crippen molar-refractivity contribution in [3.63, 3.8) is 0 Å². The Morgan fingerprint density at radius 3 is 1.27 bits per heavy atom. The Hall–Kier alpha value is -13.8. The molecule has 4 aromatic carbocycles. The van der Waals surface area contributed by atoms with Crippen LogP contribution in [0, 0.1) is 11.8 Å². The lowest BCUT2D eigenvalue weighted by Gasteiger charge is -2.35. The van der Waals surface area contributed by atoms with Gasteiger partial charge in [0.2, 0.25) is 41.2 Å². The number of rotatable bonds is 57. The van der Waals surface area contributed by atoms with E-state index >= 15 is 0 Å². The van der Waals surface area contributed by atoms with Crippen LogP contribution >= 0.6 is 0 Å². The zero-order chi connectivity index (χ0) is 106. The molecule has 3 aliphatic rings. The second-order valence-corrected chi connectivity index (χ2v) is 37.1. The van der Waals surface area contributed by atoms with Crippen LogP contribution in [-0.4, -0.2) is 403 Å². The Bertz CT molecular complexity index is 5470. The molecular formula is C99H137N19O28. The smallest absolute Gasteiger partial charge is 0.320 e. The second-order valence-electron chi connectivity index (χ2n) is 37.1. The van der Waals surface area contributed by atoms with Crippen molar-refractivity contribution < 1.29 is 137 Å². The summed E-state index contributed by atoms with van der Waals surface area (Å²) in [5.74, 6) is -16.0. The van der Waals surface area contributed by atoms with Gasteiger partial charge in [0, 0.05) is 237 Å². The number of Topliss-reactive ketones (excluding diaryl/α,β-unsaturated/α-hetero) is 3. The van der Waals surface area contributed by atoms with Crippen molar-refractivity contribution in [2.24, 2.45) is 11.8 Å². The van der Waals surface area contributed by atoms with Gasteiger partial charge in [-0.05, 0) is 116 Å². The van der Waals surface area contributed by atoms with Gasteiger partial charge in [0.15, 0.2) is 23.2 Å². The molecule has 146 heavy (non-hydrogen) atoms. The number of carbonyl (C=O) groups is 16. The van der Waals surface area contributed by atoms with E-state index in [1.54, 1.807) is 64.9 Å². The molecule has 0 saturated carbocycles. The maximum Gasteiger partial charge on any atom is 0.320 e. The lowest BCUT2D eigenvalue weighted by molar-refractivity contribution is -0.145. The second kappa shape index (κ2) is 57.7. The minimum absolute atomic E-state index is 0.00736. The third kappa shape index (κ3) is 36.1. The van der Waals surface area contributed by atoms with Gasteiger partial charge >= 0.3 is 35.8 Å². The van der Waals surface area contributed by atoms with Crippen LogP contribution in [0.3, 0.4) is 0 Å². The number of aliphatic carboxylic acids is 6. The van der Waals surface area contributed by atoms with Gasteiger partial charge in [-0.1, -0.05) is 52.0 Å². The summed E-state index contributed by atoms with van der Waals surface area (Å²) in [4.78, 5) is 223. The minimum Gasteiger partial charge on any atom is -0.508 e. The van der Waals surface area contributed by atoms with E-state index in [4.69, 9.17) is 9.47 Å². The molecule has 47 heteroatoms. The first kappa shape index (κ1) is 116. The fraction of sp³-hybridized carbons (Fsp3) is 0.556. The van der Waals surface area contributed by atoms with E-state index in [0.717, 1.165) is 11.1 Å². The summed E-state index contributed by atoms with van der Waals surface area (Å²) in [5.41, 5.74) is 4.43. The van der Waals surface area contributed by atoms with Crippen LogP contribution in [0.2, 0.25) is 0 Å². The number of piperazine rings is 2. The van der Waals surface area contributed by atoms with Crippen molar-refractivity contribution in [3.8, 4) is 57.1 Å². The number of phenolic OH excluding ortho intramolecular Hbond substituents is 4. The van der Waals surface area contributed by atoms with E-state index < -0.39 is 158 Å². The fourth-order valence-corrected chi connectivity index (χ4v) is 17.6. The number of amides is 7. The number of nitrogens with zero attached hydrogens (tertiary/aromatic N) is 14. The van der Waals surface area contributed by atoms with Crippen LogP contribution in [0.5, 0.6) is 23.0 Å². The number of carbonyl (C=O) groups excluding carboxylic acids is 10. The predicted molar refractivity (Wildman–Crippen MR) is 525 cm³/mol. The fourth-order valence-electron chi connectivity index (χ4n) is 17.6. The molecule has 47 nitrogen and oxygen atoms in total. The molecule has 6 aromatic rings. The molecule has 796 valence electrons. The summed E-state index contributed by atoms with van der Waals surface area (Å²) in [6.45, 7) is 14.1. The summed E-state index contributed by atoms with van der Waals surface area (Å²) in [6, 6.07) is 17.6. The molecule has 3 saturated heterocycles. The topological polar surface area (TPSA) is 641 Å². The molecule has 5 heterocycles. The van der Waals surface area contributed by atoms with Crippen LogP contribution in [0.25, 0.3) is 34.2 Å². The van der Waals surface area contributed by atoms with E-state index in [0.29, 0.717) is 101 Å². The highest BCUT2D eigenvalue weighted by Gasteiger charge is 2.36. The number of carboxylic acid groups (broad SMARTS) is 6. The first-order valence-corrected chi connectivity index (χ1v) is 49.3. The highest BCUT2D eigenvalue weighted by Crippen LogP contribution is 2.41. The predicted octanol–water partition coefficient (Wildman–Crippen LogP) is 2.99. The standard InChI is InChI=1S/C99H137N19O28/c1-7-100-97(141)93-107-105-91(74-52-72(62(3)4)79(122)54-81(74)124)117(93)68-18-12-64(13-19-68)56-109-37-43-115(44-38-109)84(127)25-16-66(95(139)103-29-28-85(128)116-45-39-110(40-46-116)57-65-14-20-69(21-15-65)118-92(106-108-94(118)98(142)101-8-2)75-53-73(63(5)6)80(123)55-82(75)125)50-70(119)10-9-11-78(121)76(22-27-87(131)132)104-96(140)67(17-26-86(129)130)51-71(120)61-146-49-48-145-47-30-102-83(126)24-23-77(99(143)144)114-41-35-112(59-89(135)136)33-31-111(58-88(133)134)32-34-113(36-42-114)60-90(137)138/h12-15,18-21,52-55,62-63,66-67,76-77,122-125H,7-11,16-17,22-51,56-61H2,1-6H3,(H,100,141)(H,101,142)(H,102,126)(H,103,139)(H,104,140)(H,129,130)(H,131,132)(H,133,134)(H,135,136)(H,137,138)(H,143,144)/t66-,67-,76+,77+/m0/s1. The van der Waals surface area contributed by atoms with Gasteiger partial charge in [-0.15, -0.1) is 20.4 Å². The molecule has 2 aromatic heterocycles. The molecule has 0 unspecified atom stereocenters. The Morgan fingerprint density at radius 1 is 0.397 bits per heavy atom. The Morgan fingerprint density at radius 2 is 0.822 bits per heavy atom. The molecule has 15 N–H and O–H groups in total. The molecule has 3 aliphatic heterocycles. The van der Waals surface area contributed by atoms with Crippen molar-refractivity contribution >= 4 is 94.5 Å². The van der Waals surface area contributed by atoms with Crippen LogP contribution < -0.4 is 26.6 Å². The molecule has 9 rings (SSSR count). The van der Waals surface area contributed by atoms with Crippen LogP contribution in [0.4, 0.5) is 0 Å². The maximum atomic E-state index is 14.4. The number of carboxylic acids is 6. The van der Waals surface area contributed by atoms with Crippen molar-refractivity contribution in [1.29, 1.82) is 0 Å². The van der Waals surface area contributed by atoms with Crippen LogP contribution in [0.15, 0.2) is 72.8 Å². The van der Waals surface area contributed by atoms with Gasteiger partial charge in [0.1, 0.15) is 41.4 Å². The first-order chi connectivity index (χ1) is 69.7. The maximum absolute atomic E-state index is 14.4. The third-order valence-electron chi connectivity index (χ3n) is 25.6. The molecule has 0 aliphatic carbocycles. The first-order valence-electron chi connectivity index (χ1n) is 49.3. The number of ether oxygens (including phenoxy) is 2. The van der Waals surface area contributed by atoms with Crippen molar-refractivity contribution in [1.82, 2.24) is 95.3 Å². The van der Waals surface area contributed by atoms with Crippen LogP contribution in [-0.2, 0) is 89.7 Å². The molecular weight excluding hydrogens is 1900 g/mol. The summed E-state index contributed by atoms with van der Waals surface area (Å²) in [7, 11) is 0. The molecule has 3 fully saturated rings. The van der Waals surface area contributed by atoms with Gasteiger partial charge in [-0.2, -0.15) is 0 Å². The SMILES string of the molecule is CCNC(=O)c1nnc(-c2cc(C(C)C)c(O)cc2O)n1-c1ccc(CN2CCN(C(=O)CCNC(=O)[C@@H](CCC(=O)N3CCN(Cc4ccc(-n5c(C(=O)NCC)nnc5-c5cc(C(C)C)c(O)cc5O)cc4)CC3)CC(=O)CCCC(=O)[C@@H](CCC(=O)O)NC(=O)[C@@H](CCC(=O)O)CC(=O)COCCOCCNC(=O)CC[C@H](C(=O)O)N3CCN(CC(=O)O)CCN(CC(=O)O)CCN(CC(=O)O)CC3)CC2)cc1. The Labute approximate surface area is 844 Å². The van der Waals surface area contributed by atoms with E-state index in [9.17, 15) is 128 Å². The van der Waals surface area contributed by atoms with E-state index in [1.165, 1.54) is 36.0 Å². The van der Waals surface area contributed by atoms with E-state index in [-0.39, 0.29) is 231 Å². The molecule has 4 atom stereocenters. The number of aromatic hydroxyl groups is 4. The highest BCUT2D eigenvalue weighted by molar-refractivity contribution is 5.95. The summed E-state index contributed by atoms with van der Waals surface area (Å²) < 4.78 is 14.1. The quantitative estimate of drug-likeness (QED) is 0.0244. The normalized spacial score (nSPS) is 15.4. The number of hydrogen-bond acceptors (Lipinski definition) is 32. The van der Waals surface area contributed by atoms with Gasteiger partial charge in [0.05, 0.1) is 56.6 Å². The molecule has 0 bridgehead atoms. The number of nitrogens with one attached hydrogen (secondary N) is 5. The number of ketones is 3. The van der Waals surface area contributed by atoms with E-state index in [1.807, 2.05) is 52.0 Å². The van der Waals surface area contributed by atoms with Gasteiger partial charge in [0.25, 0.3) is 11.8 Å². The Kier molecular flexibility index (Phi) is 45.8. The van der Waals surface area contributed by atoms with Gasteiger partial charge in [-0.25, -0.2) is 0 Å². The monoisotopic (exact) mass is 2040 g/mol. The minimum atomic E-state index is -1.48. The van der Waals surface area contributed by atoms with Crippen molar-refractivity contribution in [3.05, 3.63) is 107 Å². The number of hydrogen-bond donors (Lipinski definition) is 15. The van der Waals surface area contributed by atoms with E-state index in [2.05, 4.69) is 56.8 Å². The lowest BCUT2D eigenvalue weighted by Crippen LogP contribution is -2.52. The average molecular weight is 2040 g/mol. The third-order valence-corrected chi connectivity index (χ3v) is 25.6. The largest absolute Gasteiger partial charge is 0.508 e. The molecule has 7 amide bonds. The lowest BCUT2D eigenvalue weighted by atomic mass is 9.92. The van der Waals surface area contributed by atoms with Crippen molar-refractivity contribution in [2.45, 2.75) is 168 Å². The van der Waals surface area contributed by atoms with Crippen LogP contribution in [0.1, 0.15) is 187 Å². The summed E-state index contributed by atoms with van der Waals surface area (Å²) >= 11 is 0. The highest BCUT2D eigenvalue weighted by atomic mass is 16.5. The summed E-state index contributed by atoms with van der Waals surface area (Å²) in [5, 5.41) is 132. The number of aromatic nitrogens is 6. The number of benzene rings is 4. The zero-order valence-corrected chi connectivity index (χ0v) is 83.4. The zero-order valence-electron chi connectivity index (χ0n) is 83.4. The average Bonchev–Trinajstić information content (AvgIpc) is 1.62.